The Morgan fingerprint density at radius 2 is 1.85 bits per heavy atom. The maximum absolute atomic E-state index is 12.8. The van der Waals surface area contributed by atoms with E-state index in [1.54, 1.807) is 17.7 Å². The average molecular weight is 462 g/mol. The van der Waals surface area contributed by atoms with E-state index in [1.165, 1.54) is 30.6 Å². The quantitative estimate of drug-likeness (QED) is 0.500. The van der Waals surface area contributed by atoms with Crippen molar-refractivity contribution in [2.24, 2.45) is 13.0 Å². The smallest absolute Gasteiger partial charge is 0.406 e. The molecule has 3 N–H and O–H groups in total. The highest BCUT2D eigenvalue weighted by Crippen LogP contribution is 2.28. The normalized spacial score (nSPS) is 14.8. The van der Waals surface area contributed by atoms with Crippen LogP contribution in [0.1, 0.15) is 23.3 Å². The lowest BCUT2D eigenvalue weighted by Crippen LogP contribution is -2.41. The Kier molecular flexibility index (Phi) is 6.18. The number of imide groups is 1. The number of hydrogen-bond acceptors (Lipinski definition) is 7. The maximum atomic E-state index is 12.8. The predicted molar refractivity (Wildman–Crippen MR) is 113 cm³/mol. The average Bonchev–Trinajstić information content (AvgIpc) is 3.12. The number of aromatic nitrogens is 3. The number of carbonyl (C=O) groups is 2. The standard InChI is InChI=1S/C21H21F3N6O3/c1-30-16(20(32)29-19(31)12-6-8-25-9-7-12)10-15-17(26-11-27-18(15)30)28-13-2-4-14(5-3-13)33-21(22,23)24/h2-5,10-12,25H,6-9H2,1H3,(H,26,27,28)(H,29,31,32). The van der Waals surface area contributed by atoms with E-state index in [1.807, 2.05) is 0 Å². The van der Waals surface area contributed by atoms with E-state index in [2.05, 4.69) is 30.7 Å². The van der Waals surface area contributed by atoms with Crippen molar-refractivity contribution < 1.29 is 27.5 Å². The third kappa shape index (κ3) is 5.22. The monoisotopic (exact) mass is 462 g/mol. The molecule has 2 amide bonds. The molecular formula is C21H21F3N6O3. The van der Waals surface area contributed by atoms with Crippen LogP contribution in [0.25, 0.3) is 11.0 Å². The van der Waals surface area contributed by atoms with Gasteiger partial charge in [0.2, 0.25) is 5.91 Å². The van der Waals surface area contributed by atoms with Gasteiger partial charge in [0.15, 0.2) is 0 Å². The van der Waals surface area contributed by atoms with Crippen LogP contribution in [0.3, 0.4) is 0 Å². The molecule has 1 fully saturated rings. The van der Waals surface area contributed by atoms with Gasteiger partial charge in [0.1, 0.15) is 29.2 Å². The van der Waals surface area contributed by atoms with Gasteiger partial charge in [-0.2, -0.15) is 0 Å². The third-order valence-corrected chi connectivity index (χ3v) is 5.35. The molecule has 0 spiro atoms. The number of fused-ring (bicyclic) bond motifs is 1. The molecule has 0 unspecified atom stereocenters. The van der Waals surface area contributed by atoms with E-state index in [0.29, 0.717) is 35.4 Å². The first-order valence-corrected chi connectivity index (χ1v) is 10.2. The maximum Gasteiger partial charge on any atom is 0.573 e. The fourth-order valence-electron chi connectivity index (χ4n) is 3.69. The molecule has 0 bridgehead atoms. The van der Waals surface area contributed by atoms with E-state index in [0.717, 1.165) is 13.1 Å². The van der Waals surface area contributed by atoms with Crippen LogP contribution in [0.15, 0.2) is 36.7 Å². The zero-order valence-electron chi connectivity index (χ0n) is 17.6. The molecule has 12 heteroatoms. The van der Waals surface area contributed by atoms with E-state index in [9.17, 15) is 22.8 Å². The van der Waals surface area contributed by atoms with Crippen molar-refractivity contribution in [2.45, 2.75) is 19.2 Å². The topological polar surface area (TPSA) is 110 Å². The van der Waals surface area contributed by atoms with Crippen molar-refractivity contribution in [2.75, 3.05) is 18.4 Å². The second kappa shape index (κ2) is 9.06. The summed E-state index contributed by atoms with van der Waals surface area (Å²) in [6.07, 6.45) is -2.14. The number of nitrogens with one attached hydrogen (secondary N) is 3. The molecule has 0 saturated carbocycles. The number of hydrogen-bond donors (Lipinski definition) is 3. The highest BCUT2D eigenvalue weighted by atomic mass is 19.4. The van der Waals surface area contributed by atoms with Crippen molar-refractivity contribution >= 4 is 34.4 Å². The Balaban J connectivity index is 1.53. The minimum atomic E-state index is -4.77. The summed E-state index contributed by atoms with van der Waals surface area (Å²) in [6, 6.07) is 6.71. The van der Waals surface area contributed by atoms with Crippen LogP contribution in [0, 0.1) is 5.92 Å². The minimum Gasteiger partial charge on any atom is -0.406 e. The summed E-state index contributed by atoms with van der Waals surface area (Å²) in [5.41, 5.74) is 1.13. The summed E-state index contributed by atoms with van der Waals surface area (Å²) in [5.74, 6) is -1.07. The molecule has 9 nitrogen and oxygen atoms in total. The molecular weight excluding hydrogens is 441 g/mol. The molecule has 0 atom stereocenters. The molecule has 0 radical (unpaired) electrons. The lowest BCUT2D eigenvalue weighted by molar-refractivity contribution is -0.274. The van der Waals surface area contributed by atoms with Gasteiger partial charge in [-0.15, -0.1) is 13.2 Å². The Morgan fingerprint density at radius 3 is 2.52 bits per heavy atom. The second-order valence-corrected chi connectivity index (χ2v) is 7.59. The fraction of sp³-hybridized carbons (Fsp3) is 0.333. The molecule has 174 valence electrons. The molecule has 3 heterocycles. The Labute approximate surface area is 186 Å². The highest BCUT2D eigenvalue weighted by molar-refractivity contribution is 6.07. The molecule has 0 aliphatic carbocycles. The van der Waals surface area contributed by atoms with Gasteiger partial charge in [-0.3, -0.25) is 14.9 Å². The summed E-state index contributed by atoms with van der Waals surface area (Å²) in [6.45, 7) is 1.46. The van der Waals surface area contributed by atoms with Crippen molar-refractivity contribution in [1.82, 2.24) is 25.2 Å². The van der Waals surface area contributed by atoms with Gasteiger partial charge >= 0.3 is 6.36 Å². The van der Waals surface area contributed by atoms with Crippen molar-refractivity contribution in [3.63, 3.8) is 0 Å². The molecule has 1 aliphatic heterocycles. The largest absolute Gasteiger partial charge is 0.573 e. The molecule has 4 rings (SSSR count). The lowest BCUT2D eigenvalue weighted by atomic mass is 9.97. The first-order chi connectivity index (χ1) is 15.7. The molecule has 3 aromatic rings. The van der Waals surface area contributed by atoms with Gasteiger partial charge in [0.25, 0.3) is 5.91 Å². The van der Waals surface area contributed by atoms with Crippen LogP contribution in [-0.4, -0.2) is 45.8 Å². The van der Waals surface area contributed by atoms with E-state index in [4.69, 9.17) is 0 Å². The Hall–Kier alpha value is -3.67. The number of halogens is 3. The van der Waals surface area contributed by atoms with Crippen LogP contribution in [0.5, 0.6) is 5.75 Å². The predicted octanol–water partition coefficient (Wildman–Crippen LogP) is 2.87. The number of anilines is 2. The number of carbonyl (C=O) groups excluding carboxylic acids is 2. The Bertz CT molecular complexity index is 1170. The van der Waals surface area contributed by atoms with Gasteiger partial charge < -0.3 is 19.9 Å². The van der Waals surface area contributed by atoms with Crippen LogP contribution in [0.4, 0.5) is 24.7 Å². The van der Waals surface area contributed by atoms with Crippen molar-refractivity contribution in [1.29, 1.82) is 0 Å². The van der Waals surface area contributed by atoms with Gasteiger partial charge in [0.05, 0.1) is 5.39 Å². The highest BCUT2D eigenvalue weighted by Gasteiger charge is 2.31. The third-order valence-electron chi connectivity index (χ3n) is 5.35. The van der Waals surface area contributed by atoms with E-state index in [-0.39, 0.29) is 23.3 Å². The summed E-state index contributed by atoms with van der Waals surface area (Å²) < 4.78 is 42.4. The van der Waals surface area contributed by atoms with Gasteiger partial charge in [-0.05, 0) is 56.3 Å². The van der Waals surface area contributed by atoms with Crippen LogP contribution < -0.4 is 20.7 Å². The van der Waals surface area contributed by atoms with Gasteiger partial charge in [0, 0.05) is 18.7 Å². The van der Waals surface area contributed by atoms with E-state index >= 15 is 0 Å². The lowest BCUT2D eigenvalue weighted by Gasteiger charge is -2.21. The SMILES string of the molecule is Cn1c(C(=O)NC(=O)C2CCNCC2)cc2c(Nc3ccc(OC(F)(F)F)cc3)ncnc21. The minimum absolute atomic E-state index is 0.216. The van der Waals surface area contributed by atoms with E-state index < -0.39 is 12.3 Å². The Morgan fingerprint density at radius 1 is 1.15 bits per heavy atom. The number of rotatable bonds is 5. The number of piperidine rings is 1. The van der Waals surface area contributed by atoms with Crippen LogP contribution in [0.2, 0.25) is 0 Å². The van der Waals surface area contributed by atoms with Crippen LogP contribution in [-0.2, 0) is 11.8 Å². The zero-order chi connectivity index (χ0) is 23.6. The number of benzene rings is 1. The van der Waals surface area contributed by atoms with Crippen LogP contribution >= 0.6 is 0 Å². The number of aryl methyl sites for hydroxylation is 1. The van der Waals surface area contributed by atoms with Crippen molar-refractivity contribution in [3.05, 3.63) is 42.4 Å². The molecule has 1 saturated heterocycles. The zero-order valence-corrected chi connectivity index (χ0v) is 17.6. The summed E-state index contributed by atoms with van der Waals surface area (Å²) in [7, 11) is 1.65. The van der Waals surface area contributed by atoms with Gasteiger partial charge in [-0.1, -0.05) is 0 Å². The number of amides is 2. The summed E-state index contributed by atoms with van der Waals surface area (Å²) >= 11 is 0. The number of alkyl halides is 3. The number of ether oxygens (including phenoxy) is 1. The first kappa shape index (κ1) is 22.5. The first-order valence-electron chi connectivity index (χ1n) is 10.2. The van der Waals surface area contributed by atoms with Gasteiger partial charge in [-0.25, -0.2) is 9.97 Å². The summed E-state index contributed by atoms with van der Waals surface area (Å²) in [5, 5.41) is 9.14. The molecule has 1 aliphatic rings. The van der Waals surface area contributed by atoms with Crippen molar-refractivity contribution in [3.8, 4) is 5.75 Å². The molecule has 2 aromatic heterocycles. The number of nitrogens with zero attached hydrogens (tertiary/aromatic N) is 3. The molecule has 33 heavy (non-hydrogen) atoms. The second-order valence-electron chi connectivity index (χ2n) is 7.59. The summed E-state index contributed by atoms with van der Waals surface area (Å²) in [4.78, 5) is 33.6. The fourth-order valence-corrected chi connectivity index (χ4v) is 3.69. The molecule has 1 aromatic carbocycles.